The second-order valence-corrected chi connectivity index (χ2v) is 7.81. The first-order valence-corrected chi connectivity index (χ1v) is 8.25. The van der Waals surface area contributed by atoms with E-state index in [4.69, 9.17) is 4.74 Å². The van der Waals surface area contributed by atoms with E-state index < -0.39 is 0 Å². The minimum Gasteiger partial charge on any atom is -0.497 e. The first-order chi connectivity index (χ1) is 9.80. The third-order valence-electron chi connectivity index (χ3n) is 3.15. The fraction of sp³-hybridized carbons (Fsp3) is 0.588. The van der Waals surface area contributed by atoms with Gasteiger partial charge in [0.05, 0.1) is 7.11 Å². The lowest BCUT2D eigenvalue weighted by atomic mass is 9.90. The molecule has 0 aliphatic carbocycles. The summed E-state index contributed by atoms with van der Waals surface area (Å²) >= 11 is 3.63. The maximum atomic E-state index is 11.9. The average molecular weight is 356 g/mol. The normalized spacial score (nSPS) is 12.8. The van der Waals surface area contributed by atoms with Gasteiger partial charge in [-0.25, -0.2) is 0 Å². The molecule has 0 aliphatic heterocycles. The highest BCUT2D eigenvalue weighted by Crippen LogP contribution is 2.24. The van der Waals surface area contributed by atoms with Gasteiger partial charge in [-0.05, 0) is 36.0 Å². The molecule has 0 saturated carbocycles. The molecule has 1 N–H and O–H groups in total. The summed E-state index contributed by atoms with van der Waals surface area (Å²) in [4.78, 5) is 12.2. The largest absolute Gasteiger partial charge is 0.497 e. The van der Waals surface area contributed by atoms with E-state index >= 15 is 0 Å². The SMILES string of the molecule is COc1ccc(CCC(=O)NCC(Br)CC(C)(C)C)cc1. The van der Waals surface area contributed by atoms with Gasteiger partial charge < -0.3 is 10.1 Å². The molecule has 0 spiro atoms. The summed E-state index contributed by atoms with van der Waals surface area (Å²) in [5.41, 5.74) is 1.41. The molecule has 21 heavy (non-hydrogen) atoms. The molecule has 1 atom stereocenters. The molecule has 1 amide bonds. The molecule has 0 heterocycles. The molecule has 0 aliphatic rings. The summed E-state index contributed by atoms with van der Waals surface area (Å²) < 4.78 is 5.11. The number of alkyl halides is 1. The molecule has 0 aromatic heterocycles. The molecule has 0 radical (unpaired) electrons. The van der Waals surface area contributed by atoms with E-state index in [0.717, 1.165) is 24.2 Å². The smallest absolute Gasteiger partial charge is 0.220 e. The number of halogens is 1. The number of methoxy groups -OCH3 is 1. The molecular formula is C17H26BrNO2. The van der Waals surface area contributed by atoms with Crippen LogP contribution in [0.1, 0.15) is 39.2 Å². The third-order valence-corrected chi connectivity index (χ3v) is 3.80. The van der Waals surface area contributed by atoms with Gasteiger partial charge in [-0.2, -0.15) is 0 Å². The fourth-order valence-electron chi connectivity index (χ4n) is 2.10. The molecule has 1 rings (SSSR count). The van der Waals surface area contributed by atoms with Crippen LogP contribution >= 0.6 is 15.9 Å². The zero-order valence-corrected chi connectivity index (χ0v) is 15.0. The van der Waals surface area contributed by atoms with E-state index in [1.807, 2.05) is 24.3 Å². The van der Waals surface area contributed by atoms with E-state index in [1.165, 1.54) is 0 Å². The number of hydrogen-bond donors (Lipinski definition) is 1. The number of amides is 1. The Morgan fingerprint density at radius 3 is 2.43 bits per heavy atom. The van der Waals surface area contributed by atoms with Gasteiger partial charge in [0.25, 0.3) is 0 Å². The van der Waals surface area contributed by atoms with Crippen molar-refractivity contribution in [3.8, 4) is 5.75 Å². The highest BCUT2D eigenvalue weighted by atomic mass is 79.9. The lowest BCUT2D eigenvalue weighted by Crippen LogP contribution is -2.31. The van der Waals surface area contributed by atoms with Crippen LogP contribution in [0.15, 0.2) is 24.3 Å². The summed E-state index contributed by atoms with van der Waals surface area (Å²) in [6.45, 7) is 7.28. The van der Waals surface area contributed by atoms with Crippen molar-refractivity contribution >= 4 is 21.8 Å². The molecule has 1 unspecified atom stereocenters. The minimum atomic E-state index is 0.101. The summed E-state index contributed by atoms with van der Waals surface area (Å²) in [6.07, 6.45) is 2.30. The molecule has 1 aromatic carbocycles. The van der Waals surface area contributed by atoms with Crippen LogP contribution in [0.2, 0.25) is 0 Å². The second-order valence-electron chi connectivity index (χ2n) is 6.51. The highest BCUT2D eigenvalue weighted by Gasteiger charge is 2.16. The minimum absolute atomic E-state index is 0.101. The Bertz CT molecular complexity index is 437. The van der Waals surface area contributed by atoms with E-state index in [9.17, 15) is 4.79 Å². The number of rotatable bonds is 7. The van der Waals surface area contributed by atoms with Gasteiger partial charge in [0.2, 0.25) is 5.91 Å². The van der Waals surface area contributed by atoms with Gasteiger partial charge in [0.15, 0.2) is 0 Å². The number of benzene rings is 1. The Balaban J connectivity index is 2.27. The molecule has 0 fully saturated rings. The first kappa shape index (κ1) is 18.0. The molecule has 0 saturated heterocycles. The third kappa shape index (κ3) is 8.10. The summed E-state index contributed by atoms with van der Waals surface area (Å²) in [5.74, 6) is 0.941. The average Bonchev–Trinajstić information content (AvgIpc) is 2.41. The Kier molecular flexibility index (Phi) is 7.23. The van der Waals surface area contributed by atoms with Gasteiger partial charge >= 0.3 is 0 Å². The van der Waals surface area contributed by atoms with E-state index in [1.54, 1.807) is 7.11 Å². The highest BCUT2D eigenvalue weighted by molar-refractivity contribution is 9.09. The van der Waals surface area contributed by atoms with Crippen LogP contribution in [0.25, 0.3) is 0 Å². The number of carbonyl (C=O) groups is 1. The molecule has 118 valence electrons. The lowest BCUT2D eigenvalue weighted by molar-refractivity contribution is -0.121. The van der Waals surface area contributed by atoms with Gasteiger partial charge in [0, 0.05) is 17.8 Å². The summed E-state index contributed by atoms with van der Waals surface area (Å²) in [6, 6.07) is 7.84. The van der Waals surface area contributed by atoms with Crippen molar-refractivity contribution in [1.29, 1.82) is 0 Å². The molecule has 1 aromatic rings. The van der Waals surface area contributed by atoms with Gasteiger partial charge in [0.1, 0.15) is 5.75 Å². The topological polar surface area (TPSA) is 38.3 Å². The van der Waals surface area contributed by atoms with E-state index in [2.05, 4.69) is 42.0 Å². The predicted molar refractivity (Wildman–Crippen MR) is 91.1 cm³/mol. The standard InChI is InChI=1S/C17H26BrNO2/c1-17(2,3)11-14(18)12-19-16(20)10-7-13-5-8-15(21-4)9-6-13/h5-6,8-9,14H,7,10-12H2,1-4H3,(H,19,20). The second kappa shape index (κ2) is 8.42. The quantitative estimate of drug-likeness (QED) is 0.752. The number of carbonyl (C=O) groups excluding carboxylic acids is 1. The van der Waals surface area contributed by atoms with Crippen LogP contribution in [0.5, 0.6) is 5.75 Å². The predicted octanol–water partition coefficient (Wildman–Crippen LogP) is 3.94. The molecule has 0 bridgehead atoms. The van der Waals surface area contributed by atoms with Crippen LogP contribution in [-0.4, -0.2) is 24.4 Å². The van der Waals surface area contributed by atoms with Crippen LogP contribution in [0.4, 0.5) is 0 Å². The van der Waals surface area contributed by atoms with Crippen molar-refractivity contribution in [2.45, 2.75) is 44.9 Å². The number of ether oxygens (including phenoxy) is 1. The van der Waals surface area contributed by atoms with Crippen molar-refractivity contribution in [2.24, 2.45) is 5.41 Å². The Morgan fingerprint density at radius 1 is 1.29 bits per heavy atom. The first-order valence-electron chi connectivity index (χ1n) is 7.34. The van der Waals surface area contributed by atoms with Crippen LogP contribution in [0, 0.1) is 5.41 Å². The summed E-state index contributed by atoms with van der Waals surface area (Å²) in [7, 11) is 1.65. The van der Waals surface area contributed by atoms with Crippen LogP contribution < -0.4 is 10.1 Å². The van der Waals surface area contributed by atoms with Crippen LogP contribution in [-0.2, 0) is 11.2 Å². The number of nitrogens with one attached hydrogen (secondary N) is 1. The Morgan fingerprint density at radius 2 is 1.90 bits per heavy atom. The Hall–Kier alpha value is -1.03. The van der Waals surface area contributed by atoms with Crippen molar-refractivity contribution in [1.82, 2.24) is 5.32 Å². The molecular weight excluding hydrogens is 330 g/mol. The van der Waals surface area contributed by atoms with E-state index in [-0.39, 0.29) is 11.3 Å². The Labute approximate surface area is 136 Å². The number of hydrogen-bond acceptors (Lipinski definition) is 2. The molecule has 4 heteroatoms. The lowest BCUT2D eigenvalue weighted by Gasteiger charge is -2.22. The van der Waals surface area contributed by atoms with Gasteiger partial charge in [-0.3, -0.25) is 4.79 Å². The van der Waals surface area contributed by atoms with Crippen molar-refractivity contribution in [2.75, 3.05) is 13.7 Å². The van der Waals surface area contributed by atoms with Crippen LogP contribution in [0.3, 0.4) is 0 Å². The maximum absolute atomic E-state index is 11.9. The van der Waals surface area contributed by atoms with Gasteiger partial charge in [-0.15, -0.1) is 0 Å². The van der Waals surface area contributed by atoms with Crippen molar-refractivity contribution < 1.29 is 9.53 Å². The maximum Gasteiger partial charge on any atom is 0.220 e. The monoisotopic (exact) mass is 355 g/mol. The summed E-state index contributed by atoms with van der Waals surface area (Å²) in [5, 5.41) is 2.99. The fourth-order valence-corrected chi connectivity index (χ4v) is 3.23. The molecule has 3 nitrogen and oxygen atoms in total. The van der Waals surface area contributed by atoms with Crippen molar-refractivity contribution in [3.05, 3.63) is 29.8 Å². The van der Waals surface area contributed by atoms with E-state index in [0.29, 0.717) is 17.8 Å². The van der Waals surface area contributed by atoms with Crippen molar-refractivity contribution in [3.63, 3.8) is 0 Å². The number of aryl methyl sites for hydroxylation is 1. The van der Waals surface area contributed by atoms with Gasteiger partial charge in [-0.1, -0.05) is 48.8 Å². The zero-order valence-electron chi connectivity index (χ0n) is 13.4. The zero-order chi connectivity index (χ0) is 15.9.